The second-order valence-electron chi connectivity index (χ2n) is 9.26. The van der Waals surface area contributed by atoms with Gasteiger partial charge in [0.05, 0.1) is 27.9 Å². The summed E-state index contributed by atoms with van der Waals surface area (Å²) in [4.78, 5) is 26.0. The van der Waals surface area contributed by atoms with Crippen molar-refractivity contribution in [3.8, 4) is 5.75 Å². The maximum absolute atomic E-state index is 13.1. The van der Waals surface area contributed by atoms with Crippen molar-refractivity contribution in [3.05, 3.63) is 136 Å². The van der Waals surface area contributed by atoms with Gasteiger partial charge in [0.2, 0.25) is 0 Å². The highest BCUT2D eigenvalue weighted by atomic mass is 35.5. The van der Waals surface area contributed by atoms with Crippen LogP contribution < -0.4 is 14.9 Å². The van der Waals surface area contributed by atoms with Crippen molar-refractivity contribution >= 4 is 56.2 Å². The number of carbonyl (C=O) groups excluding carboxylic acids is 2. The molecule has 5 rings (SSSR count). The van der Waals surface area contributed by atoms with Crippen LogP contribution in [-0.2, 0) is 10.0 Å². The molecule has 1 amide bonds. The predicted molar refractivity (Wildman–Crippen MR) is 164 cm³/mol. The largest absolute Gasteiger partial charge is 0.422 e. The highest BCUT2D eigenvalue weighted by Crippen LogP contribution is 2.28. The molecule has 210 valence electrons. The molecule has 0 fully saturated rings. The highest BCUT2D eigenvalue weighted by Gasteiger charge is 2.19. The van der Waals surface area contributed by atoms with Crippen LogP contribution in [0.4, 0.5) is 5.69 Å². The van der Waals surface area contributed by atoms with Crippen molar-refractivity contribution < 1.29 is 22.7 Å². The average Bonchev–Trinajstić information content (AvgIpc) is 2.98. The topological polar surface area (TPSA) is 114 Å². The van der Waals surface area contributed by atoms with Crippen molar-refractivity contribution in [1.29, 1.82) is 0 Å². The molecule has 5 aromatic carbocycles. The summed E-state index contributed by atoms with van der Waals surface area (Å²) in [5.41, 5.74) is 4.36. The Morgan fingerprint density at radius 1 is 0.857 bits per heavy atom. The van der Waals surface area contributed by atoms with Crippen LogP contribution >= 0.6 is 11.6 Å². The van der Waals surface area contributed by atoms with Crippen LogP contribution in [0.25, 0.3) is 10.8 Å². The fraction of sp³-hybridized carbons (Fsp3) is 0.0312. The Hall–Kier alpha value is -4.99. The molecule has 0 aliphatic heterocycles. The minimum absolute atomic E-state index is 0.0103. The Morgan fingerprint density at radius 2 is 1.60 bits per heavy atom. The van der Waals surface area contributed by atoms with E-state index in [0.29, 0.717) is 16.1 Å². The van der Waals surface area contributed by atoms with Crippen LogP contribution in [0, 0.1) is 6.92 Å². The fourth-order valence-electron chi connectivity index (χ4n) is 4.23. The van der Waals surface area contributed by atoms with E-state index in [-0.39, 0.29) is 21.9 Å². The van der Waals surface area contributed by atoms with Crippen LogP contribution in [0.5, 0.6) is 5.75 Å². The zero-order valence-electron chi connectivity index (χ0n) is 22.2. The molecule has 0 radical (unpaired) electrons. The molecule has 42 heavy (non-hydrogen) atoms. The number of anilines is 1. The summed E-state index contributed by atoms with van der Waals surface area (Å²) >= 11 is 5.88. The molecular formula is C32H24ClN3O5S. The smallest absolute Gasteiger partial charge is 0.343 e. The molecule has 10 heteroatoms. The van der Waals surface area contributed by atoms with Crippen LogP contribution in [0.15, 0.2) is 119 Å². The van der Waals surface area contributed by atoms with Crippen LogP contribution in [0.2, 0.25) is 5.02 Å². The quantitative estimate of drug-likeness (QED) is 0.0907. The molecule has 0 saturated heterocycles. The van der Waals surface area contributed by atoms with E-state index < -0.39 is 21.9 Å². The molecule has 0 saturated carbocycles. The Labute approximate surface area is 247 Å². The van der Waals surface area contributed by atoms with E-state index in [0.717, 1.165) is 16.3 Å². The maximum atomic E-state index is 13.1. The monoisotopic (exact) mass is 597 g/mol. The lowest BCUT2D eigenvalue weighted by Crippen LogP contribution is -2.21. The lowest BCUT2D eigenvalue weighted by atomic mass is 10.0. The molecule has 5 aromatic rings. The second kappa shape index (κ2) is 12.3. The summed E-state index contributed by atoms with van der Waals surface area (Å²) in [7, 11) is -3.99. The zero-order chi connectivity index (χ0) is 29.7. The summed E-state index contributed by atoms with van der Waals surface area (Å²) in [5, 5.41) is 6.14. The lowest BCUT2D eigenvalue weighted by molar-refractivity contribution is 0.0734. The van der Waals surface area contributed by atoms with Gasteiger partial charge in [0.25, 0.3) is 15.9 Å². The van der Waals surface area contributed by atoms with E-state index in [1.165, 1.54) is 42.6 Å². The van der Waals surface area contributed by atoms with Gasteiger partial charge in [-0.1, -0.05) is 71.8 Å². The molecule has 0 heterocycles. The number of para-hydroxylation sites is 1. The van der Waals surface area contributed by atoms with E-state index in [9.17, 15) is 18.0 Å². The number of hydrazone groups is 1. The number of rotatable bonds is 8. The molecule has 0 bridgehead atoms. The Bertz CT molecular complexity index is 1940. The second-order valence-corrected chi connectivity index (χ2v) is 11.4. The number of sulfonamides is 1. The van der Waals surface area contributed by atoms with Crippen LogP contribution in [0.3, 0.4) is 0 Å². The number of nitrogens with zero attached hydrogens (tertiary/aromatic N) is 1. The minimum atomic E-state index is -3.99. The Kier molecular flexibility index (Phi) is 8.33. The number of benzene rings is 5. The third-order valence-electron chi connectivity index (χ3n) is 6.29. The van der Waals surface area contributed by atoms with Crippen molar-refractivity contribution in [2.24, 2.45) is 5.10 Å². The van der Waals surface area contributed by atoms with Gasteiger partial charge < -0.3 is 4.74 Å². The minimum Gasteiger partial charge on any atom is -0.422 e. The Morgan fingerprint density at radius 3 is 2.38 bits per heavy atom. The summed E-state index contributed by atoms with van der Waals surface area (Å²) in [6.07, 6.45) is 1.39. The van der Waals surface area contributed by atoms with Crippen molar-refractivity contribution in [2.75, 3.05) is 4.72 Å². The first-order chi connectivity index (χ1) is 20.2. The standard InChI is InChI=1S/C32H24ClN3O5S/c1-21-7-6-9-23(19-21)32(38)41-30-18-13-22-8-2-3-10-26(22)28(30)20-34-35-31(37)27-11-4-5-12-29(27)36-42(39,40)25-16-14-24(33)15-17-25/h2-20,36H,1H3,(H,35,37)/b34-20-. The number of esters is 1. The average molecular weight is 598 g/mol. The first kappa shape index (κ1) is 28.5. The molecule has 0 spiro atoms. The van der Waals surface area contributed by atoms with E-state index in [1.54, 1.807) is 36.4 Å². The van der Waals surface area contributed by atoms with Crippen LogP contribution in [0.1, 0.15) is 31.8 Å². The third kappa shape index (κ3) is 6.49. The lowest BCUT2D eigenvalue weighted by Gasteiger charge is -2.12. The van der Waals surface area contributed by atoms with E-state index in [4.69, 9.17) is 16.3 Å². The highest BCUT2D eigenvalue weighted by molar-refractivity contribution is 7.92. The van der Waals surface area contributed by atoms with E-state index in [2.05, 4.69) is 15.2 Å². The van der Waals surface area contributed by atoms with Crippen molar-refractivity contribution in [1.82, 2.24) is 5.43 Å². The summed E-state index contributed by atoms with van der Waals surface area (Å²) < 4.78 is 34.0. The molecule has 2 N–H and O–H groups in total. The number of hydrogen-bond donors (Lipinski definition) is 2. The van der Waals surface area contributed by atoms with Crippen LogP contribution in [-0.4, -0.2) is 26.5 Å². The fourth-order valence-corrected chi connectivity index (χ4v) is 5.44. The summed E-state index contributed by atoms with van der Waals surface area (Å²) in [6.45, 7) is 1.88. The first-order valence-electron chi connectivity index (χ1n) is 12.7. The van der Waals surface area contributed by atoms with E-state index in [1.807, 2.05) is 43.3 Å². The summed E-state index contributed by atoms with van der Waals surface area (Å²) in [5.74, 6) is -0.928. The third-order valence-corrected chi connectivity index (χ3v) is 7.92. The van der Waals surface area contributed by atoms with Gasteiger partial charge in [0.15, 0.2) is 0 Å². The van der Waals surface area contributed by atoms with Gasteiger partial charge in [-0.2, -0.15) is 5.10 Å². The molecule has 8 nitrogen and oxygen atoms in total. The summed E-state index contributed by atoms with van der Waals surface area (Å²) in [6, 6.07) is 29.8. The molecule has 0 atom stereocenters. The number of amides is 1. The van der Waals surface area contributed by atoms with Gasteiger partial charge in [-0.3, -0.25) is 9.52 Å². The number of hydrogen-bond acceptors (Lipinski definition) is 6. The zero-order valence-corrected chi connectivity index (χ0v) is 23.8. The number of carbonyl (C=O) groups is 2. The van der Waals surface area contributed by atoms with E-state index >= 15 is 0 Å². The SMILES string of the molecule is Cc1cccc(C(=O)Oc2ccc3ccccc3c2/C=N\NC(=O)c2ccccc2NS(=O)(=O)c2ccc(Cl)cc2)c1. The van der Waals surface area contributed by atoms with Crippen molar-refractivity contribution in [3.63, 3.8) is 0 Å². The molecule has 0 aromatic heterocycles. The van der Waals surface area contributed by atoms with Gasteiger partial charge in [0, 0.05) is 10.6 Å². The first-order valence-corrected chi connectivity index (χ1v) is 14.6. The number of ether oxygens (including phenoxy) is 1. The number of fused-ring (bicyclic) bond motifs is 1. The maximum Gasteiger partial charge on any atom is 0.343 e. The van der Waals surface area contributed by atoms with Gasteiger partial charge in [-0.25, -0.2) is 18.6 Å². The van der Waals surface area contributed by atoms with Gasteiger partial charge in [-0.15, -0.1) is 0 Å². The number of nitrogens with one attached hydrogen (secondary N) is 2. The molecule has 0 aliphatic carbocycles. The normalized spacial score (nSPS) is 11.4. The van der Waals surface area contributed by atoms with Gasteiger partial charge in [-0.05, 0) is 72.3 Å². The number of halogens is 1. The van der Waals surface area contributed by atoms with Gasteiger partial charge in [0.1, 0.15) is 5.75 Å². The van der Waals surface area contributed by atoms with Gasteiger partial charge >= 0.3 is 5.97 Å². The molecule has 0 aliphatic rings. The number of aryl methyl sites for hydroxylation is 1. The molecule has 0 unspecified atom stereocenters. The molecular weight excluding hydrogens is 574 g/mol. The Balaban J connectivity index is 1.40. The predicted octanol–water partition coefficient (Wildman–Crippen LogP) is 6.59. The van der Waals surface area contributed by atoms with Crippen molar-refractivity contribution in [2.45, 2.75) is 11.8 Å².